The molecule has 0 spiro atoms. The Morgan fingerprint density at radius 3 is 1.32 bits per heavy atom. The van der Waals surface area contributed by atoms with Gasteiger partial charge in [-0.2, -0.15) is 0 Å². The summed E-state index contributed by atoms with van der Waals surface area (Å²) < 4.78 is 0. The predicted octanol–water partition coefficient (Wildman–Crippen LogP) is 9.09. The molecule has 1 unspecified atom stereocenters. The number of hydrogen-bond acceptors (Lipinski definition) is 1. The molecule has 0 saturated carbocycles. The van der Waals surface area contributed by atoms with Gasteiger partial charge in [-0.3, -0.25) is 0 Å². The number of carboxylic acids is 1. The summed E-state index contributed by atoms with van der Waals surface area (Å²) in [6.45, 7) is 6.10. The highest BCUT2D eigenvalue weighted by Crippen LogP contribution is 2.16. The normalized spacial score (nSPS) is 13.0. The molecule has 0 rings (SSSR count). The maximum absolute atomic E-state index is 10.8. The fourth-order valence-corrected chi connectivity index (χ4v) is 3.95. The van der Waals surface area contributed by atoms with E-state index in [1.165, 1.54) is 116 Å². The van der Waals surface area contributed by atoms with Gasteiger partial charge >= 0.3 is 5.97 Å². The van der Waals surface area contributed by atoms with Crippen molar-refractivity contribution in [3.63, 3.8) is 0 Å². The van der Waals surface area contributed by atoms with E-state index in [0.717, 1.165) is 6.42 Å². The van der Waals surface area contributed by atoms with Crippen molar-refractivity contribution >= 4 is 5.97 Å². The average Bonchev–Trinajstić information content (AvgIpc) is 2.66. The number of rotatable bonds is 21. The summed E-state index contributed by atoms with van der Waals surface area (Å²) in [6, 6.07) is 0. The topological polar surface area (TPSA) is 37.3 Å². The molecule has 0 aliphatic rings. The second-order valence-corrected chi connectivity index (χ2v) is 8.93. The van der Waals surface area contributed by atoms with E-state index in [9.17, 15) is 4.79 Å². The maximum Gasteiger partial charge on any atom is 0.330 e. The molecule has 0 aromatic carbocycles. The monoisotopic (exact) mass is 394 g/mol. The van der Waals surface area contributed by atoms with E-state index in [4.69, 9.17) is 5.11 Å². The summed E-state index contributed by atoms with van der Waals surface area (Å²) in [5.41, 5.74) is 0.481. The first-order valence-corrected chi connectivity index (χ1v) is 12.5. The summed E-state index contributed by atoms with van der Waals surface area (Å²) in [5.74, 6) is -0.401. The van der Waals surface area contributed by atoms with Crippen LogP contribution in [0.3, 0.4) is 0 Å². The third-order valence-electron chi connectivity index (χ3n) is 5.88. The van der Waals surface area contributed by atoms with Crippen molar-refractivity contribution in [1.82, 2.24) is 0 Å². The Kier molecular flexibility index (Phi) is 20.3. The van der Waals surface area contributed by atoms with Crippen LogP contribution >= 0.6 is 0 Å². The number of unbranched alkanes of at least 4 members (excludes halogenated alkanes) is 17. The molecule has 0 radical (unpaired) electrons. The van der Waals surface area contributed by atoms with Crippen molar-refractivity contribution in [2.45, 2.75) is 143 Å². The first kappa shape index (κ1) is 27.2. The van der Waals surface area contributed by atoms with Crippen molar-refractivity contribution < 1.29 is 9.90 Å². The van der Waals surface area contributed by atoms with Crippen LogP contribution in [0.15, 0.2) is 11.6 Å². The molecule has 0 saturated heterocycles. The van der Waals surface area contributed by atoms with Gasteiger partial charge in [0.1, 0.15) is 0 Å². The minimum atomic E-state index is -0.787. The Morgan fingerprint density at radius 2 is 1.00 bits per heavy atom. The molecule has 28 heavy (non-hydrogen) atoms. The van der Waals surface area contributed by atoms with Crippen molar-refractivity contribution in [2.24, 2.45) is 5.92 Å². The summed E-state index contributed by atoms with van der Waals surface area (Å²) in [6.07, 6.45) is 28.3. The predicted molar refractivity (Wildman–Crippen MR) is 124 cm³/mol. The van der Waals surface area contributed by atoms with Gasteiger partial charge in [0.2, 0.25) is 0 Å². The fourth-order valence-electron chi connectivity index (χ4n) is 3.95. The highest BCUT2D eigenvalue weighted by molar-refractivity contribution is 5.85. The zero-order valence-electron chi connectivity index (χ0n) is 19.4. The summed E-state index contributed by atoms with van der Waals surface area (Å²) in [4.78, 5) is 10.8. The van der Waals surface area contributed by atoms with Gasteiger partial charge < -0.3 is 5.11 Å². The highest BCUT2D eigenvalue weighted by atomic mass is 16.4. The molecule has 0 heterocycles. The lowest BCUT2D eigenvalue weighted by molar-refractivity contribution is -0.132. The minimum Gasteiger partial charge on any atom is -0.478 e. The van der Waals surface area contributed by atoms with Crippen LogP contribution in [-0.2, 0) is 4.79 Å². The summed E-state index contributed by atoms with van der Waals surface area (Å²) in [5, 5.41) is 8.89. The lowest BCUT2D eigenvalue weighted by atomic mass is 9.99. The van der Waals surface area contributed by atoms with Crippen LogP contribution in [0.4, 0.5) is 0 Å². The van der Waals surface area contributed by atoms with E-state index in [-0.39, 0.29) is 0 Å². The Bertz CT molecular complexity index is 373. The van der Waals surface area contributed by atoms with Gasteiger partial charge in [0.25, 0.3) is 0 Å². The van der Waals surface area contributed by atoms with Crippen LogP contribution in [0, 0.1) is 5.92 Å². The molecule has 2 nitrogen and oxygen atoms in total. The van der Waals surface area contributed by atoms with Crippen molar-refractivity contribution in [3.8, 4) is 0 Å². The Morgan fingerprint density at radius 1 is 0.679 bits per heavy atom. The molecule has 166 valence electrons. The number of carboxylic acid groups (broad SMARTS) is 1. The summed E-state index contributed by atoms with van der Waals surface area (Å²) >= 11 is 0. The molecule has 2 heteroatoms. The molecular formula is C26H50O2. The largest absolute Gasteiger partial charge is 0.478 e. The fraction of sp³-hybridized carbons (Fsp3) is 0.885. The lowest BCUT2D eigenvalue weighted by Crippen LogP contribution is -1.99. The van der Waals surface area contributed by atoms with Gasteiger partial charge in [-0.15, -0.1) is 0 Å². The van der Waals surface area contributed by atoms with Crippen molar-refractivity contribution in [1.29, 1.82) is 0 Å². The zero-order valence-corrected chi connectivity index (χ0v) is 19.4. The molecule has 0 aliphatic carbocycles. The van der Waals surface area contributed by atoms with Crippen LogP contribution in [0.5, 0.6) is 0 Å². The van der Waals surface area contributed by atoms with E-state index in [0.29, 0.717) is 11.5 Å². The second-order valence-electron chi connectivity index (χ2n) is 8.93. The van der Waals surface area contributed by atoms with Gasteiger partial charge in [-0.1, -0.05) is 135 Å². The molecule has 0 fully saturated rings. The quantitative estimate of drug-likeness (QED) is 0.156. The van der Waals surface area contributed by atoms with E-state index in [1.807, 2.05) is 6.08 Å². The van der Waals surface area contributed by atoms with Crippen LogP contribution in [0.25, 0.3) is 0 Å². The number of hydrogen-bond donors (Lipinski definition) is 1. The second kappa shape index (κ2) is 20.9. The molecule has 0 amide bonds. The minimum absolute atomic E-state index is 0.386. The SMILES string of the molecule is CCCCCCCCCCCCCCCCCCCCC(C)C=C(C)C(=O)O. The molecule has 0 aromatic heterocycles. The number of aliphatic carboxylic acids is 1. The molecule has 0 aliphatic heterocycles. The molecule has 0 aromatic rings. The van der Waals surface area contributed by atoms with Crippen molar-refractivity contribution in [2.75, 3.05) is 0 Å². The maximum atomic E-state index is 10.8. The molecule has 1 N–H and O–H groups in total. The van der Waals surface area contributed by atoms with Gasteiger partial charge in [0.05, 0.1) is 0 Å². The average molecular weight is 395 g/mol. The molecular weight excluding hydrogens is 344 g/mol. The van der Waals surface area contributed by atoms with Crippen LogP contribution in [0.2, 0.25) is 0 Å². The van der Waals surface area contributed by atoms with Crippen LogP contribution < -0.4 is 0 Å². The Labute approximate surface area is 176 Å². The van der Waals surface area contributed by atoms with Gasteiger partial charge in [0.15, 0.2) is 0 Å². The van der Waals surface area contributed by atoms with Gasteiger partial charge in [0, 0.05) is 5.57 Å². The van der Waals surface area contributed by atoms with E-state index in [2.05, 4.69) is 13.8 Å². The first-order valence-electron chi connectivity index (χ1n) is 12.5. The summed E-state index contributed by atoms with van der Waals surface area (Å²) in [7, 11) is 0. The third kappa shape index (κ3) is 20.0. The van der Waals surface area contributed by atoms with E-state index < -0.39 is 5.97 Å². The third-order valence-corrected chi connectivity index (χ3v) is 5.88. The molecule has 0 bridgehead atoms. The smallest absolute Gasteiger partial charge is 0.330 e. The zero-order chi connectivity index (χ0) is 20.9. The highest BCUT2D eigenvalue weighted by Gasteiger charge is 2.04. The Hall–Kier alpha value is -0.790. The molecule has 1 atom stereocenters. The lowest BCUT2D eigenvalue weighted by Gasteiger charge is -2.07. The first-order chi connectivity index (χ1) is 13.6. The number of allylic oxidation sites excluding steroid dienone is 1. The van der Waals surface area contributed by atoms with Crippen LogP contribution in [0.1, 0.15) is 143 Å². The van der Waals surface area contributed by atoms with E-state index in [1.54, 1.807) is 6.92 Å². The van der Waals surface area contributed by atoms with Gasteiger partial charge in [-0.25, -0.2) is 4.79 Å². The number of carbonyl (C=O) groups is 1. The van der Waals surface area contributed by atoms with E-state index >= 15 is 0 Å². The van der Waals surface area contributed by atoms with Crippen LogP contribution in [-0.4, -0.2) is 11.1 Å². The standard InChI is InChI=1S/C26H50O2/c1-4-5-6-7-8-9-10-11-12-13-14-15-16-17-18-19-20-21-22-24(2)23-25(3)26(27)28/h23-24H,4-22H2,1-3H3,(H,27,28). The van der Waals surface area contributed by atoms with Crippen molar-refractivity contribution in [3.05, 3.63) is 11.6 Å². The van der Waals surface area contributed by atoms with Gasteiger partial charge in [-0.05, 0) is 19.3 Å². The Balaban J connectivity index is 3.20.